The quantitative estimate of drug-likeness (QED) is 0.800. The molecule has 110 valence electrons. The van der Waals surface area contributed by atoms with Gasteiger partial charge in [0.15, 0.2) is 0 Å². The Morgan fingerprint density at radius 2 is 2.05 bits per heavy atom. The molecule has 0 aromatic carbocycles. The molecule has 3 atom stereocenters. The van der Waals surface area contributed by atoms with Crippen LogP contribution in [0, 0.1) is 5.92 Å². The molecule has 0 aliphatic carbocycles. The van der Waals surface area contributed by atoms with Gasteiger partial charge in [-0.15, -0.1) is 0 Å². The molecular weight excluding hydrogens is 258 g/mol. The number of aliphatic hydroxyl groups is 1. The van der Waals surface area contributed by atoms with Gasteiger partial charge in [-0.25, -0.2) is 0 Å². The predicted octanol–water partition coefficient (Wildman–Crippen LogP) is 2.13. The standard InChI is InChI=1S/C15H27NO2S/c1-12-11-16(6-2-14(12)17)13-3-7-18-15(10-13)4-8-19-9-5-15/h12-14,17H,2-11H2,1H3. The molecule has 3 saturated heterocycles. The first kappa shape index (κ1) is 14.2. The number of thioether (sulfide) groups is 1. The molecule has 0 radical (unpaired) electrons. The van der Waals surface area contributed by atoms with Crippen LogP contribution in [0.4, 0.5) is 0 Å². The van der Waals surface area contributed by atoms with Gasteiger partial charge in [-0.1, -0.05) is 6.92 Å². The zero-order chi connectivity index (χ0) is 13.3. The molecule has 0 aromatic rings. The fourth-order valence-electron chi connectivity index (χ4n) is 3.90. The molecule has 3 heterocycles. The van der Waals surface area contributed by atoms with Gasteiger partial charge in [-0.2, -0.15) is 11.8 Å². The Hall–Kier alpha value is 0.230. The summed E-state index contributed by atoms with van der Waals surface area (Å²) in [6.07, 6.45) is 5.73. The van der Waals surface area contributed by atoms with Crippen molar-refractivity contribution in [2.24, 2.45) is 5.92 Å². The third-order valence-electron chi connectivity index (χ3n) is 5.28. The van der Waals surface area contributed by atoms with E-state index in [1.165, 1.54) is 37.2 Å². The van der Waals surface area contributed by atoms with Crippen molar-refractivity contribution >= 4 is 11.8 Å². The summed E-state index contributed by atoms with van der Waals surface area (Å²) >= 11 is 2.07. The van der Waals surface area contributed by atoms with Crippen LogP contribution in [0.5, 0.6) is 0 Å². The maximum Gasteiger partial charge on any atom is 0.0713 e. The number of rotatable bonds is 1. The first-order valence-electron chi connectivity index (χ1n) is 7.82. The summed E-state index contributed by atoms with van der Waals surface area (Å²) in [4.78, 5) is 2.63. The van der Waals surface area contributed by atoms with Crippen LogP contribution in [-0.2, 0) is 4.74 Å². The van der Waals surface area contributed by atoms with Gasteiger partial charge >= 0.3 is 0 Å². The third kappa shape index (κ3) is 3.12. The highest BCUT2D eigenvalue weighted by molar-refractivity contribution is 7.99. The lowest BCUT2D eigenvalue weighted by Gasteiger charge is -2.48. The zero-order valence-electron chi connectivity index (χ0n) is 12.0. The van der Waals surface area contributed by atoms with Gasteiger partial charge in [-0.3, -0.25) is 4.90 Å². The normalized spacial score (nSPS) is 40.4. The SMILES string of the molecule is CC1CN(C2CCOC3(CCSCC3)C2)CCC1O. The van der Waals surface area contributed by atoms with E-state index in [1.807, 2.05) is 0 Å². The molecule has 4 heteroatoms. The minimum atomic E-state index is -0.0869. The number of hydrogen-bond donors (Lipinski definition) is 1. The molecular formula is C15H27NO2S. The fraction of sp³-hybridized carbons (Fsp3) is 1.00. The van der Waals surface area contributed by atoms with E-state index < -0.39 is 0 Å². The van der Waals surface area contributed by atoms with Gasteiger partial charge in [0.1, 0.15) is 0 Å². The molecule has 0 bridgehead atoms. The summed E-state index contributed by atoms with van der Waals surface area (Å²) in [5.41, 5.74) is 0.188. The van der Waals surface area contributed by atoms with Crippen molar-refractivity contribution < 1.29 is 9.84 Å². The maximum absolute atomic E-state index is 9.88. The van der Waals surface area contributed by atoms with E-state index in [1.54, 1.807) is 0 Å². The van der Waals surface area contributed by atoms with Gasteiger partial charge < -0.3 is 9.84 Å². The molecule has 3 aliphatic heterocycles. The van der Waals surface area contributed by atoms with E-state index in [4.69, 9.17) is 4.74 Å². The van der Waals surface area contributed by atoms with Crippen LogP contribution in [0.2, 0.25) is 0 Å². The largest absolute Gasteiger partial charge is 0.393 e. The summed E-state index contributed by atoms with van der Waals surface area (Å²) in [5.74, 6) is 2.96. The third-order valence-corrected chi connectivity index (χ3v) is 6.26. The van der Waals surface area contributed by atoms with Crippen LogP contribution < -0.4 is 0 Å². The molecule has 19 heavy (non-hydrogen) atoms. The van der Waals surface area contributed by atoms with E-state index in [0.29, 0.717) is 12.0 Å². The summed E-state index contributed by atoms with van der Waals surface area (Å²) in [7, 11) is 0. The van der Waals surface area contributed by atoms with Gasteiger partial charge in [0, 0.05) is 25.7 Å². The van der Waals surface area contributed by atoms with Gasteiger partial charge in [0.05, 0.1) is 11.7 Å². The minimum Gasteiger partial charge on any atom is -0.393 e. The second-order valence-corrected chi connectivity index (χ2v) is 7.84. The highest BCUT2D eigenvalue weighted by atomic mass is 32.2. The highest BCUT2D eigenvalue weighted by Crippen LogP contribution is 2.39. The molecule has 3 unspecified atom stereocenters. The minimum absolute atomic E-state index is 0.0869. The van der Waals surface area contributed by atoms with Gasteiger partial charge in [0.2, 0.25) is 0 Å². The fourth-order valence-corrected chi connectivity index (χ4v) is 5.14. The molecule has 1 spiro atoms. The monoisotopic (exact) mass is 285 g/mol. The van der Waals surface area contributed by atoms with Crippen LogP contribution in [0.25, 0.3) is 0 Å². The Bertz CT molecular complexity index is 301. The van der Waals surface area contributed by atoms with Crippen LogP contribution in [-0.4, -0.2) is 59.0 Å². The summed E-state index contributed by atoms with van der Waals surface area (Å²) in [6.45, 7) is 5.25. The first-order chi connectivity index (χ1) is 9.19. The number of piperidine rings is 1. The lowest BCUT2D eigenvalue weighted by molar-refractivity contribution is -0.118. The smallest absolute Gasteiger partial charge is 0.0713 e. The van der Waals surface area contributed by atoms with Gasteiger partial charge in [-0.05, 0) is 49.5 Å². The topological polar surface area (TPSA) is 32.7 Å². The number of likely N-dealkylation sites (tertiary alicyclic amines) is 1. The van der Waals surface area contributed by atoms with E-state index in [0.717, 1.165) is 26.1 Å². The highest BCUT2D eigenvalue weighted by Gasteiger charge is 2.41. The number of nitrogens with zero attached hydrogens (tertiary/aromatic N) is 1. The molecule has 0 aromatic heterocycles. The maximum atomic E-state index is 9.88. The Morgan fingerprint density at radius 1 is 1.26 bits per heavy atom. The summed E-state index contributed by atoms with van der Waals surface area (Å²) < 4.78 is 6.19. The summed E-state index contributed by atoms with van der Waals surface area (Å²) in [6, 6.07) is 0.687. The second kappa shape index (κ2) is 5.92. The van der Waals surface area contributed by atoms with Crippen molar-refractivity contribution in [1.29, 1.82) is 0 Å². The molecule has 1 N–H and O–H groups in total. The molecule has 3 aliphatic rings. The molecule has 0 saturated carbocycles. The zero-order valence-corrected chi connectivity index (χ0v) is 12.8. The van der Waals surface area contributed by atoms with E-state index in [9.17, 15) is 5.11 Å². The number of hydrogen-bond acceptors (Lipinski definition) is 4. The Balaban J connectivity index is 1.61. The first-order valence-corrected chi connectivity index (χ1v) is 8.98. The lowest BCUT2D eigenvalue weighted by Crippen LogP contribution is -2.54. The average Bonchev–Trinajstić information content (AvgIpc) is 2.43. The molecule has 0 amide bonds. The van der Waals surface area contributed by atoms with Crippen LogP contribution in [0.15, 0.2) is 0 Å². The molecule has 3 nitrogen and oxygen atoms in total. The molecule has 3 fully saturated rings. The van der Waals surface area contributed by atoms with Gasteiger partial charge in [0.25, 0.3) is 0 Å². The van der Waals surface area contributed by atoms with Crippen LogP contribution >= 0.6 is 11.8 Å². The Kier molecular flexibility index (Phi) is 4.42. The number of aliphatic hydroxyl groups excluding tert-OH is 1. The lowest BCUT2D eigenvalue weighted by atomic mass is 9.83. The van der Waals surface area contributed by atoms with Crippen molar-refractivity contribution in [2.45, 2.75) is 56.8 Å². The predicted molar refractivity (Wildman–Crippen MR) is 79.6 cm³/mol. The number of ether oxygens (including phenoxy) is 1. The average molecular weight is 285 g/mol. The van der Waals surface area contributed by atoms with Crippen LogP contribution in [0.3, 0.4) is 0 Å². The van der Waals surface area contributed by atoms with Crippen molar-refractivity contribution in [2.75, 3.05) is 31.2 Å². The Labute approximate surface area is 121 Å². The second-order valence-electron chi connectivity index (χ2n) is 6.62. The van der Waals surface area contributed by atoms with Crippen molar-refractivity contribution in [3.63, 3.8) is 0 Å². The summed E-state index contributed by atoms with van der Waals surface area (Å²) in [5, 5.41) is 9.88. The van der Waals surface area contributed by atoms with E-state index in [-0.39, 0.29) is 11.7 Å². The molecule has 3 rings (SSSR count). The van der Waals surface area contributed by atoms with E-state index in [2.05, 4.69) is 23.6 Å². The van der Waals surface area contributed by atoms with Crippen molar-refractivity contribution in [3.8, 4) is 0 Å². The van der Waals surface area contributed by atoms with Crippen molar-refractivity contribution in [3.05, 3.63) is 0 Å². The van der Waals surface area contributed by atoms with Crippen molar-refractivity contribution in [1.82, 2.24) is 4.90 Å². The van der Waals surface area contributed by atoms with E-state index >= 15 is 0 Å². The Morgan fingerprint density at radius 3 is 2.79 bits per heavy atom. The van der Waals surface area contributed by atoms with Crippen LogP contribution in [0.1, 0.15) is 39.0 Å².